The van der Waals surface area contributed by atoms with Crippen LogP contribution in [0.4, 0.5) is 20.5 Å². The number of halogens is 2. The van der Waals surface area contributed by atoms with Crippen LogP contribution >= 0.6 is 13.4 Å². The minimum absolute atomic E-state index is 0. The van der Waals surface area contributed by atoms with Crippen LogP contribution in [0, 0.1) is 0 Å². The van der Waals surface area contributed by atoms with E-state index in [-0.39, 0.29) is 98.7 Å². The van der Waals surface area contributed by atoms with Crippen LogP contribution in [0.5, 0.6) is 0 Å². The zero-order valence-corrected chi connectivity index (χ0v) is 32.2. The fourth-order valence-electron chi connectivity index (χ4n) is 5.23. The fraction of sp³-hybridized carbons (Fsp3) is 0.500. The van der Waals surface area contributed by atoms with Crippen molar-refractivity contribution >= 4 is 130 Å². The topological polar surface area (TPSA) is 287 Å². The Hall–Kier alpha value is -0.700. The zero-order valence-electron chi connectivity index (χ0n) is 24.8. The van der Waals surface area contributed by atoms with Gasteiger partial charge in [0, 0.05) is 59.1 Å². The summed E-state index contributed by atoms with van der Waals surface area (Å²) >= 11 is 10.3. The van der Waals surface area contributed by atoms with Crippen molar-refractivity contribution in [2.24, 2.45) is 0 Å². The van der Waals surface area contributed by atoms with Crippen LogP contribution in [0.1, 0.15) is 12.5 Å². The molecule has 0 aliphatic carbocycles. The van der Waals surface area contributed by atoms with Gasteiger partial charge in [-0.2, -0.15) is 4.98 Å². The molecule has 10 atom stereocenters. The number of fused-ring (bicyclic) bond motifs is 5. The van der Waals surface area contributed by atoms with E-state index in [2.05, 4.69) is 29.9 Å². The van der Waals surface area contributed by atoms with Crippen LogP contribution in [-0.2, 0) is 51.2 Å². The van der Waals surface area contributed by atoms with E-state index in [1.807, 2.05) is 0 Å². The van der Waals surface area contributed by atoms with Gasteiger partial charge in [-0.1, -0.05) is 0 Å². The predicted octanol–water partition coefficient (Wildman–Crippen LogP) is -1.74. The first-order chi connectivity index (χ1) is 21.3. The molecule has 0 spiro atoms. The molecule has 4 aromatic rings. The number of aromatic nitrogens is 8. The normalized spacial score (nSPS) is 35.3. The molecule has 3 aliphatic rings. The Morgan fingerprint density at radius 2 is 1.44 bits per heavy atom. The van der Waals surface area contributed by atoms with Gasteiger partial charge in [-0.25, -0.2) is 28.7 Å². The maximum absolute atomic E-state index is 16.0. The molecule has 48 heavy (non-hydrogen) atoms. The Morgan fingerprint density at radius 3 is 2.12 bits per heavy atom. The number of alkyl halides is 2. The third kappa shape index (κ3) is 7.44. The van der Waals surface area contributed by atoms with Crippen LogP contribution in [0.3, 0.4) is 0 Å². The minimum Gasteiger partial charge on any atom is -0.412 e. The molecular weight excluding hydrogens is 750 g/mol. The molecule has 7 heterocycles. The number of imidazole rings is 2. The first kappa shape index (κ1) is 40.1. The number of hydrogen-bond acceptors (Lipinski definition) is 16. The summed E-state index contributed by atoms with van der Waals surface area (Å²) in [4.78, 5) is 56.6. The molecule has 0 aromatic carbocycles. The fourth-order valence-corrected chi connectivity index (χ4v) is 8.07. The van der Waals surface area contributed by atoms with E-state index in [9.17, 15) is 14.6 Å². The van der Waals surface area contributed by atoms with Crippen LogP contribution in [0.2, 0.25) is 0 Å². The second-order valence-corrected chi connectivity index (χ2v) is 15.6. The van der Waals surface area contributed by atoms with E-state index in [1.165, 1.54) is 10.9 Å². The van der Waals surface area contributed by atoms with Gasteiger partial charge >= 0.3 is 13.4 Å². The summed E-state index contributed by atoms with van der Waals surface area (Å²) in [5, 5.41) is 0. The number of H-pyrrole nitrogens is 1. The number of rotatable bonds is 2. The molecule has 28 heteroatoms. The number of nitrogens with two attached hydrogens (primary N) is 2. The Morgan fingerprint density at radius 1 is 0.854 bits per heavy atom. The first-order valence-corrected chi connectivity index (χ1v) is 18.1. The number of anilines is 2. The van der Waals surface area contributed by atoms with Crippen LogP contribution < -0.4 is 17.0 Å². The standard InChI is InChI=1S/C20H22F2N10O9P2S2.2Na.H2O/c21-8-6-1-36-42(34,44)40-12-7(39-18(9(12)22)31-4-27-10-14(23)25-3-26-15(10)31)2-37-43(35,45)41-13(8)19(38-6)32-5-28-11-16(32)29-20(24)30-17(11)33;;;/h3-9,12-13,18-19H,1-2H2,(H,34,44)(H,35,45)(H2,23,25,26)(H3,24,29,30,33);;;1H2/t6-,7-,8-,9+,12-,13-,18-,19-,42?,43?;;;/m1.../s1. The maximum atomic E-state index is 16.0. The van der Waals surface area contributed by atoms with Crippen molar-refractivity contribution in [1.82, 2.24) is 39.0 Å². The molecule has 2 bridgehead atoms. The summed E-state index contributed by atoms with van der Waals surface area (Å²) in [5.74, 6) is -0.213. The van der Waals surface area contributed by atoms with Crippen LogP contribution in [0.25, 0.3) is 22.3 Å². The molecular formula is C20H24F2N10Na2O10P2S2. The van der Waals surface area contributed by atoms with E-state index in [0.717, 1.165) is 17.2 Å². The van der Waals surface area contributed by atoms with Crippen molar-refractivity contribution in [3.63, 3.8) is 0 Å². The summed E-state index contributed by atoms with van der Waals surface area (Å²) in [6.45, 7) is -10.0. The molecule has 2 unspecified atom stereocenters. The summed E-state index contributed by atoms with van der Waals surface area (Å²) in [7, 11) is 0. The van der Waals surface area contributed by atoms with Crippen molar-refractivity contribution in [3.05, 3.63) is 29.3 Å². The monoisotopic (exact) mass is 774 g/mol. The Labute approximate surface area is 321 Å². The molecule has 3 fully saturated rings. The summed E-state index contributed by atoms with van der Waals surface area (Å²) in [5.41, 5.74) is 10.9. The summed E-state index contributed by atoms with van der Waals surface area (Å²) in [6, 6.07) is 0. The van der Waals surface area contributed by atoms with Crippen molar-refractivity contribution < 1.29 is 51.6 Å². The molecule has 0 saturated carbocycles. The maximum Gasteiger partial charge on any atom is 0.325 e. The second-order valence-electron chi connectivity index (χ2n) is 10.0. The van der Waals surface area contributed by atoms with Crippen molar-refractivity contribution in [1.29, 1.82) is 0 Å². The molecule has 9 N–H and O–H groups in total. The van der Waals surface area contributed by atoms with Gasteiger partial charge in [0.15, 0.2) is 47.4 Å². The number of nitrogens with zero attached hydrogens (tertiary/aromatic N) is 7. The van der Waals surface area contributed by atoms with Gasteiger partial charge in [-0.3, -0.25) is 28.0 Å². The number of hydrogen-bond donors (Lipinski definition) is 5. The number of nitrogens with one attached hydrogen (secondary N) is 1. The Bertz CT molecular complexity index is 1970. The molecule has 2 radical (unpaired) electrons. The molecule has 0 amide bonds. The molecule has 3 saturated heterocycles. The van der Waals surface area contributed by atoms with Gasteiger partial charge in [0.25, 0.3) is 5.56 Å². The summed E-state index contributed by atoms with van der Waals surface area (Å²) in [6.07, 6.45) is -9.65. The zero-order chi connectivity index (χ0) is 31.8. The van der Waals surface area contributed by atoms with E-state index in [0.29, 0.717) is 0 Å². The van der Waals surface area contributed by atoms with Gasteiger partial charge < -0.3 is 45.3 Å². The number of aromatic amines is 1. The van der Waals surface area contributed by atoms with Gasteiger partial charge in [-0.05, 0) is 23.6 Å². The molecule has 20 nitrogen and oxygen atoms in total. The third-order valence-electron chi connectivity index (χ3n) is 7.23. The molecule has 4 aromatic heterocycles. The Kier molecular flexibility index (Phi) is 12.6. The van der Waals surface area contributed by atoms with E-state index < -0.39 is 81.4 Å². The molecule has 7 rings (SSSR count). The Balaban J connectivity index is 0.00000173. The summed E-state index contributed by atoms with van der Waals surface area (Å²) < 4.78 is 67.9. The van der Waals surface area contributed by atoms with Gasteiger partial charge in [0.05, 0.1) is 25.9 Å². The van der Waals surface area contributed by atoms with E-state index >= 15 is 8.78 Å². The quantitative estimate of drug-likeness (QED) is 0.112. The van der Waals surface area contributed by atoms with Gasteiger partial charge in [0.1, 0.15) is 36.3 Å². The van der Waals surface area contributed by atoms with Gasteiger partial charge in [0.2, 0.25) is 5.95 Å². The molecule has 3 aliphatic heterocycles. The average molecular weight is 775 g/mol. The smallest absolute Gasteiger partial charge is 0.325 e. The molecule has 252 valence electrons. The number of nitrogen functional groups attached to an aromatic ring is 2. The third-order valence-corrected chi connectivity index (χ3v) is 10.4. The first-order valence-electron chi connectivity index (χ1n) is 12.9. The number of ether oxygens (including phenoxy) is 2. The SMILES string of the molecule is Nc1nc2c(ncn2[C@@H]2O[C@@H]3COP(O)(=S)O[C@H]4[C@H](F)[C@H](n5cnc6c(N)ncnc65)O[C@@H]4COP(O)(=S)O[C@@H]2[C@@H]3F)c(=O)[nH]1.O.[Na].[Na]. The van der Waals surface area contributed by atoms with E-state index in [4.69, 9.17) is 62.6 Å². The van der Waals surface area contributed by atoms with Crippen molar-refractivity contribution in [3.8, 4) is 0 Å². The average Bonchev–Trinajstić information content (AvgIpc) is 3.72. The second kappa shape index (κ2) is 15.1. The van der Waals surface area contributed by atoms with Gasteiger partial charge in [-0.15, -0.1) is 0 Å². The van der Waals surface area contributed by atoms with E-state index in [1.54, 1.807) is 0 Å². The van der Waals surface area contributed by atoms with Crippen molar-refractivity contribution in [2.75, 3.05) is 24.7 Å². The van der Waals surface area contributed by atoms with Crippen LogP contribution in [-0.4, -0.2) is 163 Å². The van der Waals surface area contributed by atoms with Crippen LogP contribution in [0.15, 0.2) is 23.8 Å². The largest absolute Gasteiger partial charge is 0.412 e. The van der Waals surface area contributed by atoms with Crippen molar-refractivity contribution in [2.45, 2.75) is 49.2 Å². The predicted molar refractivity (Wildman–Crippen MR) is 170 cm³/mol. The minimum atomic E-state index is -4.35.